The Morgan fingerprint density at radius 1 is 0.840 bits per heavy atom. The first-order valence-corrected chi connectivity index (χ1v) is 7.94. The SMILES string of the molecule is COC(=O)/C=C/C=C/C=C/C=C/C=C/C=C/c1cc(C)c(O)c(C)c1. The van der Waals surface area contributed by atoms with Gasteiger partial charge >= 0.3 is 5.97 Å². The fraction of sp³-hybridized carbons (Fsp3) is 0.136. The van der Waals surface area contributed by atoms with Gasteiger partial charge in [-0.2, -0.15) is 0 Å². The van der Waals surface area contributed by atoms with Crippen LogP contribution in [-0.2, 0) is 9.53 Å². The summed E-state index contributed by atoms with van der Waals surface area (Å²) in [5.74, 6) is -0.0124. The first kappa shape index (κ1) is 20.0. The van der Waals surface area contributed by atoms with Crippen LogP contribution < -0.4 is 0 Å². The minimum Gasteiger partial charge on any atom is -0.507 e. The van der Waals surface area contributed by atoms with E-state index in [1.54, 1.807) is 12.2 Å². The third-order valence-corrected chi connectivity index (χ3v) is 3.24. The predicted octanol–water partition coefficient (Wildman–Crippen LogP) is 4.98. The van der Waals surface area contributed by atoms with Crippen LogP contribution in [0, 0.1) is 13.8 Å². The van der Waals surface area contributed by atoms with Crippen LogP contribution in [0.2, 0.25) is 0 Å². The largest absolute Gasteiger partial charge is 0.507 e. The van der Waals surface area contributed by atoms with Crippen LogP contribution in [0.1, 0.15) is 16.7 Å². The summed E-state index contributed by atoms with van der Waals surface area (Å²) in [7, 11) is 1.34. The molecule has 0 atom stereocenters. The Balaban J connectivity index is 2.41. The minimum absolute atomic E-state index is 0.359. The molecule has 1 aromatic carbocycles. The van der Waals surface area contributed by atoms with E-state index in [-0.39, 0.29) is 5.97 Å². The van der Waals surface area contributed by atoms with Gasteiger partial charge in [0.15, 0.2) is 0 Å². The number of esters is 1. The van der Waals surface area contributed by atoms with Crippen molar-refractivity contribution in [2.24, 2.45) is 0 Å². The van der Waals surface area contributed by atoms with Crippen LogP contribution in [0.15, 0.2) is 79.0 Å². The summed E-state index contributed by atoms with van der Waals surface area (Å²) in [6.45, 7) is 3.79. The number of phenolic OH excluding ortho intramolecular Hbond substituents is 1. The highest BCUT2D eigenvalue weighted by Crippen LogP contribution is 2.23. The van der Waals surface area contributed by atoms with Gasteiger partial charge < -0.3 is 9.84 Å². The quantitative estimate of drug-likeness (QED) is 0.434. The molecule has 3 heteroatoms. The molecule has 0 aliphatic heterocycles. The van der Waals surface area contributed by atoms with Gasteiger partial charge in [-0.15, -0.1) is 0 Å². The molecule has 0 amide bonds. The van der Waals surface area contributed by atoms with Gasteiger partial charge in [0.2, 0.25) is 0 Å². The molecule has 0 aliphatic carbocycles. The maximum Gasteiger partial charge on any atom is 0.330 e. The van der Waals surface area contributed by atoms with Crippen LogP contribution >= 0.6 is 0 Å². The number of carbonyl (C=O) groups excluding carboxylic acids is 1. The van der Waals surface area contributed by atoms with Crippen LogP contribution in [-0.4, -0.2) is 18.2 Å². The van der Waals surface area contributed by atoms with Crippen molar-refractivity contribution >= 4 is 12.0 Å². The summed E-state index contributed by atoms with van der Waals surface area (Å²) in [6.07, 6.45) is 22.0. The third-order valence-electron chi connectivity index (χ3n) is 3.24. The molecule has 0 bridgehead atoms. The summed E-state index contributed by atoms with van der Waals surface area (Å²) < 4.78 is 4.47. The second-order valence-electron chi connectivity index (χ2n) is 5.28. The van der Waals surface area contributed by atoms with E-state index >= 15 is 0 Å². The van der Waals surface area contributed by atoms with Gasteiger partial charge in [0.25, 0.3) is 0 Å². The van der Waals surface area contributed by atoms with Crippen molar-refractivity contribution in [3.63, 3.8) is 0 Å². The Hall–Kier alpha value is -3.07. The molecule has 130 valence electrons. The Morgan fingerprint density at radius 2 is 1.28 bits per heavy atom. The molecule has 0 aromatic heterocycles. The van der Waals surface area contributed by atoms with Gasteiger partial charge in [0, 0.05) is 6.08 Å². The Labute approximate surface area is 149 Å². The van der Waals surface area contributed by atoms with E-state index < -0.39 is 0 Å². The Bertz CT molecular complexity index is 722. The average molecular weight is 336 g/mol. The van der Waals surface area contributed by atoms with Gasteiger partial charge in [-0.05, 0) is 42.7 Å². The molecule has 0 heterocycles. The molecule has 1 N–H and O–H groups in total. The summed E-state index contributed by atoms with van der Waals surface area (Å²) in [5, 5.41) is 9.74. The zero-order valence-corrected chi connectivity index (χ0v) is 14.8. The lowest BCUT2D eigenvalue weighted by atomic mass is 10.1. The van der Waals surface area contributed by atoms with E-state index in [0.717, 1.165) is 16.7 Å². The number of hydrogen-bond donors (Lipinski definition) is 1. The molecule has 0 spiro atoms. The van der Waals surface area contributed by atoms with E-state index in [9.17, 15) is 9.90 Å². The molecule has 3 nitrogen and oxygen atoms in total. The number of ether oxygens (including phenoxy) is 1. The van der Waals surface area contributed by atoms with Gasteiger partial charge in [0.05, 0.1) is 7.11 Å². The van der Waals surface area contributed by atoms with Crippen molar-refractivity contribution in [2.75, 3.05) is 7.11 Å². The fourth-order valence-electron chi connectivity index (χ4n) is 1.97. The number of allylic oxidation sites excluding steroid dienone is 10. The predicted molar refractivity (Wildman–Crippen MR) is 104 cm³/mol. The summed E-state index contributed by atoms with van der Waals surface area (Å²) in [5.41, 5.74) is 2.82. The molecular formula is C22H24O3. The normalized spacial score (nSPS) is 12.8. The van der Waals surface area contributed by atoms with E-state index in [4.69, 9.17) is 0 Å². The van der Waals surface area contributed by atoms with E-state index in [1.807, 2.05) is 80.7 Å². The van der Waals surface area contributed by atoms with Gasteiger partial charge in [-0.3, -0.25) is 0 Å². The molecule has 1 aromatic rings. The van der Waals surface area contributed by atoms with Gasteiger partial charge in [-0.1, -0.05) is 66.8 Å². The fourth-order valence-corrected chi connectivity index (χ4v) is 1.97. The number of hydrogen-bond acceptors (Lipinski definition) is 3. The molecule has 1 rings (SSSR count). The highest BCUT2D eigenvalue weighted by Gasteiger charge is 2.00. The van der Waals surface area contributed by atoms with Crippen LogP contribution in [0.25, 0.3) is 6.08 Å². The molecule has 0 saturated heterocycles. The second kappa shape index (κ2) is 11.5. The van der Waals surface area contributed by atoms with Gasteiger partial charge in [0.1, 0.15) is 5.75 Å². The number of benzene rings is 1. The van der Waals surface area contributed by atoms with E-state index in [0.29, 0.717) is 5.75 Å². The van der Waals surface area contributed by atoms with Crippen molar-refractivity contribution in [1.82, 2.24) is 0 Å². The molecule has 0 saturated carbocycles. The van der Waals surface area contributed by atoms with Crippen molar-refractivity contribution in [3.8, 4) is 5.75 Å². The number of phenols is 1. The third kappa shape index (κ3) is 8.37. The lowest BCUT2D eigenvalue weighted by molar-refractivity contribution is -0.134. The average Bonchev–Trinajstić information content (AvgIpc) is 2.60. The van der Waals surface area contributed by atoms with E-state index in [2.05, 4.69) is 4.74 Å². The highest BCUT2D eigenvalue weighted by molar-refractivity contribution is 5.82. The Morgan fingerprint density at radius 3 is 1.76 bits per heavy atom. The molecular weight excluding hydrogens is 312 g/mol. The molecule has 0 fully saturated rings. The molecule has 0 radical (unpaired) electrons. The first-order valence-electron chi connectivity index (χ1n) is 7.94. The number of methoxy groups -OCH3 is 1. The number of aryl methyl sites for hydroxylation is 2. The van der Waals surface area contributed by atoms with Gasteiger partial charge in [-0.25, -0.2) is 4.79 Å². The zero-order chi connectivity index (χ0) is 18.5. The highest BCUT2D eigenvalue weighted by atomic mass is 16.5. The smallest absolute Gasteiger partial charge is 0.330 e. The van der Waals surface area contributed by atoms with Crippen molar-refractivity contribution < 1.29 is 14.6 Å². The minimum atomic E-state index is -0.371. The maximum absolute atomic E-state index is 10.8. The summed E-state index contributed by atoms with van der Waals surface area (Å²) in [6, 6.07) is 3.90. The summed E-state index contributed by atoms with van der Waals surface area (Å²) >= 11 is 0. The van der Waals surface area contributed by atoms with Crippen molar-refractivity contribution in [1.29, 1.82) is 0 Å². The van der Waals surface area contributed by atoms with Crippen LogP contribution in [0.5, 0.6) is 5.75 Å². The van der Waals surface area contributed by atoms with E-state index in [1.165, 1.54) is 13.2 Å². The maximum atomic E-state index is 10.8. The summed E-state index contributed by atoms with van der Waals surface area (Å²) in [4.78, 5) is 10.8. The van der Waals surface area contributed by atoms with Crippen LogP contribution in [0.3, 0.4) is 0 Å². The Kier molecular flexibility index (Phi) is 9.16. The lowest BCUT2D eigenvalue weighted by Crippen LogP contribution is -1.92. The first-order chi connectivity index (χ1) is 12.0. The zero-order valence-electron chi connectivity index (χ0n) is 14.8. The number of rotatable bonds is 7. The molecule has 0 aliphatic rings. The van der Waals surface area contributed by atoms with Crippen molar-refractivity contribution in [3.05, 3.63) is 95.7 Å². The second-order valence-corrected chi connectivity index (χ2v) is 5.28. The van der Waals surface area contributed by atoms with Crippen LogP contribution in [0.4, 0.5) is 0 Å². The molecule has 0 unspecified atom stereocenters. The standard InChI is InChI=1S/C22H24O3/c1-18-16-20(17-19(2)22(18)24)14-12-10-8-6-4-5-7-9-11-13-15-21(23)25-3/h4-17,24H,1-3H3/b6-4+,7-5+,10-8+,11-9+,14-12+,15-13+. The topological polar surface area (TPSA) is 46.5 Å². The number of carbonyl (C=O) groups is 1. The lowest BCUT2D eigenvalue weighted by Gasteiger charge is -2.04. The monoisotopic (exact) mass is 336 g/mol. The molecule has 25 heavy (non-hydrogen) atoms. The number of aromatic hydroxyl groups is 1. The van der Waals surface area contributed by atoms with Crippen molar-refractivity contribution in [2.45, 2.75) is 13.8 Å².